The number of hydrogen-bond donors (Lipinski definition) is 1. The molecule has 1 amide bonds. The van der Waals surface area contributed by atoms with E-state index in [9.17, 15) is 17.6 Å². The fraction of sp³-hybridized carbons (Fsp3) is 0.355. The minimum Gasteiger partial charge on any atom is -0.366 e. The van der Waals surface area contributed by atoms with Gasteiger partial charge in [0, 0.05) is 30.9 Å². The van der Waals surface area contributed by atoms with Crippen LogP contribution in [0.1, 0.15) is 49.3 Å². The first-order chi connectivity index (χ1) is 19.6. The predicted octanol–water partition coefficient (Wildman–Crippen LogP) is 4.87. The van der Waals surface area contributed by atoms with Gasteiger partial charge in [-0.05, 0) is 82.6 Å². The monoisotopic (exact) mass is 591 g/mol. The van der Waals surface area contributed by atoms with Crippen molar-refractivity contribution in [1.82, 2.24) is 20.3 Å². The number of benzene rings is 1. The molecular weight excluding hydrogens is 557 g/mol. The number of aromatic nitrogens is 3. The second-order valence-corrected chi connectivity index (χ2v) is 14.0. The zero-order valence-corrected chi connectivity index (χ0v) is 25.3. The van der Waals surface area contributed by atoms with Gasteiger partial charge in [0.2, 0.25) is 0 Å². The number of carbonyl (C=O) groups excluding carboxylic acids is 1. The van der Waals surface area contributed by atoms with Crippen LogP contribution in [0.15, 0.2) is 59.6 Å². The molecule has 11 heteroatoms. The van der Waals surface area contributed by atoms with Crippen molar-refractivity contribution in [3.8, 4) is 11.4 Å². The van der Waals surface area contributed by atoms with Gasteiger partial charge in [-0.2, -0.15) is 0 Å². The molecule has 1 fully saturated rings. The topological polar surface area (TPSA) is 114 Å². The Morgan fingerprint density at radius 2 is 1.71 bits per heavy atom. The number of fused-ring (bicyclic) bond motifs is 1. The van der Waals surface area contributed by atoms with Gasteiger partial charge in [-0.25, -0.2) is 22.8 Å². The van der Waals surface area contributed by atoms with Crippen molar-refractivity contribution in [2.24, 2.45) is 0 Å². The number of sulfone groups is 1. The zero-order chi connectivity index (χ0) is 30.4. The van der Waals surface area contributed by atoms with Crippen LogP contribution in [0.2, 0.25) is 0 Å². The molecule has 3 aromatic heterocycles. The van der Waals surface area contributed by atoms with Crippen LogP contribution in [0.3, 0.4) is 0 Å². The lowest BCUT2D eigenvalue weighted by molar-refractivity contribution is -0.133. The van der Waals surface area contributed by atoms with Gasteiger partial charge < -0.3 is 15.0 Å². The Hall–Kier alpha value is -3.96. The number of nitrogens with one attached hydrogen (secondary N) is 1. The summed E-state index contributed by atoms with van der Waals surface area (Å²) >= 11 is 0. The summed E-state index contributed by atoms with van der Waals surface area (Å²) in [6.07, 6.45) is 2.68. The van der Waals surface area contributed by atoms with Gasteiger partial charge in [0.1, 0.15) is 11.6 Å². The van der Waals surface area contributed by atoms with Crippen LogP contribution in [-0.2, 0) is 21.1 Å². The summed E-state index contributed by atoms with van der Waals surface area (Å²) in [4.78, 5) is 29.0. The number of aryl methyl sites for hydroxylation is 1. The van der Waals surface area contributed by atoms with Crippen LogP contribution in [0.5, 0.6) is 0 Å². The van der Waals surface area contributed by atoms with Crippen LogP contribution < -0.4 is 10.2 Å². The molecule has 9 nitrogen and oxygen atoms in total. The van der Waals surface area contributed by atoms with E-state index in [0.717, 1.165) is 35.3 Å². The molecule has 4 aromatic rings. The van der Waals surface area contributed by atoms with Gasteiger partial charge in [-0.3, -0.25) is 9.78 Å². The van der Waals surface area contributed by atoms with E-state index in [0.29, 0.717) is 30.0 Å². The van der Waals surface area contributed by atoms with Crippen LogP contribution in [0, 0.1) is 12.7 Å². The maximum atomic E-state index is 14.5. The van der Waals surface area contributed by atoms with Crippen LogP contribution in [-0.4, -0.2) is 59.8 Å². The van der Waals surface area contributed by atoms with Crippen LogP contribution in [0.25, 0.3) is 22.3 Å². The first-order valence-corrected chi connectivity index (χ1v) is 15.5. The van der Waals surface area contributed by atoms with E-state index in [2.05, 4.69) is 42.9 Å². The number of halogens is 1. The SMILES string of the molecule is Cc1cc(F)c(C(=O)NCc2cc3nc(-c4cccc(N5CC(C)(C)OC(C)(C)C5)n4)ccc3cn2)cc1S(C)(=O)=O. The number of pyridine rings is 3. The molecule has 0 unspecified atom stereocenters. The molecule has 220 valence electrons. The molecule has 1 aromatic carbocycles. The third-order valence-corrected chi connectivity index (χ3v) is 8.22. The Morgan fingerprint density at radius 1 is 1.02 bits per heavy atom. The number of anilines is 1. The molecule has 4 heterocycles. The smallest absolute Gasteiger partial charge is 0.254 e. The van der Waals surface area contributed by atoms with E-state index in [1.165, 1.54) is 6.92 Å². The molecule has 0 atom stereocenters. The quantitative estimate of drug-likeness (QED) is 0.316. The average Bonchev–Trinajstić information content (AvgIpc) is 2.89. The summed E-state index contributed by atoms with van der Waals surface area (Å²) < 4.78 is 44.8. The first kappa shape index (κ1) is 29.5. The molecule has 1 aliphatic rings. The van der Waals surface area contributed by atoms with Crippen molar-refractivity contribution in [2.45, 2.75) is 57.3 Å². The largest absolute Gasteiger partial charge is 0.366 e. The van der Waals surface area contributed by atoms with E-state index in [1.807, 2.05) is 30.3 Å². The number of morpholine rings is 1. The lowest BCUT2D eigenvalue weighted by Gasteiger charge is -2.47. The van der Waals surface area contributed by atoms with Gasteiger partial charge in [-0.15, -0.1) is 0 Å². The van der Waals surface area contributed by atoms with Gasteiger partial charge >= 0.3 is 0 Å². The van der Waals surface area contributed by atoms with Crippen molar-refractivity contribution < 1.29 is 22.3 Å². The van der Waals surface area contributed by atoms with Crippen molar-refractivity contribution in [3.05, 3.63) is 77.4 Å². The number of rotatable bonds is 6. The van der Waals surface area contributed by atoms with Gasteiger partial charge in [0.15, 0.2) is 9.84 Å². The van der Waals surface area contributed by atoms with Crippen molar-refractivity contribution in [1.29, 1.82) is 0 Å². The molecule has 5 rings (SSSR count). The molecule has 1 aliphatic heterocycles. The highest BCUT2D eigenvalue weighted by atomic mass is 32.2. The lowest BCUT2D eigenvalue weighted by Crippen LogP contribution is -2.57. The van der Waals surface area contributed by atoms with Crippen LogP contribution in [0.4, 0.5) is 10.2 Å². The minimum atomic E-state index is -3.63. The number of carbonyl (C=O) groups is 1. The number of hydrogen-bond acceptors (Lipinski definition) is 8. The molecule has 1 N–H and O–H groups in total. The van der Waals surface area contributed by atoms with Gasteiger partial charge in [-0.1, -0.05) is 6.07 Å². The number of amides is 1. The first-order valence-electron chi connectivity index (χ1n) is 13.6. The second-order valence-electron chi connectivity index (χ2n) is 12.0. The molecule has 42 heavy (non-hydrogen) atoms. The average molecular weight is 592 g/mol. The van der Waals surface area contributed by atoms with E-state index >= 15 is 0 Å². The van der Waals surface area contributed by atoms with Crippen LogP contribution >= 0.6 is 0 Å². The van der Waals surface area contributed by atoms with Crippen molar-refractivity contribution in [2.75, 3.05) is 24.2 Å². The van der Waals surface area contributed by atoms with E-state index in [1.54, 1.807) is 12.3 Å². The fourth-order valence-electron chi connectivity index (χ4n) is 5.48. The van der Waals surface area contributed by atoms with E-state index in [-0.39, 0.29) is 33.8 Å². The Morgan fingerprint density at radius 3 is 2.40 bits per heavy atom. The normalized spacial score (nSPS) is 16.4. The van der Waals surface area contributed by atoms with E-state index < -0.39 is 21.6 Å². The maximum Gasteiger partial charge on any atom is 0.254 e. The molecule has 0 spiro atoms. The Balaban J connectivity index is 1.37. The Bertz CT molecular complexity index is 1790. The maximum absolute atomic E-state index is 14.5. The van der Waals surface area contributed by atoms with Gasteiger partial charge in [0.05, 0.1) is 50.8 Å². The third kappa shape index (κ3) is 6.42. The zero-order valence-electron chi connectivity index (χ0n) is 24.5. The molecule has 0 saturated carbocycles. The lowest BCUT2D eigenvalue weighted by atomic mass is 9.99. The highest BCUT2D eigenvalue weighted by molar-refractivity contribution is 7.90. The van der Waals surface area contributed by atoms with Crippen molar-refractivity contribution >= 4 is 32.5 Å². The molecule has 0 bridgehead atoms. The van der Waals surface area contributed by atoms with Gasteiger partial charge in [0.25, 0.3) is 5.91 Å². The summed E-state index contributed by atoms with van der Waals surface area (Å²) in [5.41, 5.74) is 1.83. The molecule has 0 aliphatic carbocycles. The molecular formula is C31H34FN5O4S. The fourth-order valence-corrected chi connectivity index (χ4v) is 6.46. The Labute approximate surface area is 245 Å². The molecule has 0 radical (unpaired) electrons. The van der Waals surface area contributed by atoms with Crippen molar-refractivity contribution in [3.63, 3.8) is 0 Å². The Kier molecular flexibility index (Phi) is 7.53. The standard InChI is InChI=1S/C31H34FN5O4S/c1-19-12-23(32)22(14-27(19)42(6,39)40)29(38)34-16-21-13-26-20(15-33-21)10-11-25(35-26)24-8-7-9-28(36-24)37-17-30(2,3)41-31(4,5)18-37/h7-15H,16-18H2,1-6H3,(H,34,38). The highest BCUT2D eigenvalue weighted by Gasteiger charge is 2.38. The number of ether oxygens (including phenoxy) is 1. The second kappa shape index (κ2) is 10.7. The number of nitrogens with zero attached hydrogens (tertiary/aromatic N) is 4. The highest BCUT2D eigenvalue weighted by Crippen LogP contribution is 2.31. The minimum absolute atomic E-state index is 0.00145. The third-order valence-electron chi connectivity index (χ3n) is 6.99. The summed E-state index contributed by atoms with van der Waals surface area (Å²) in [6, 6.07) is 13.5. The summed E-state index contributed by atoms with van der Waals surface area (Å²) in [5.74, 6) is -0.690. The summed E-state index contributed by atoms with van der Waals surface area (Å²) in [7, 11) is -3.63. The predicted molar refractivity (Wildman–Crippen MR) is 160 cm³/mol. The summed E-state index contributed by atoms with van der Waals surface area (Å²) in [5, 5.41) is 3.44. The molecule has 1 saturated heterocycles. The van der Waals surface area contributed by atoms with E-state index in [4.69, 9.17) is 14.7 Å². The summed E-state index contributed by atoms with van der Waals surface area (Å²) in [6.45, 7) is 11.2.